The summed E-state index contributed by atoms with van der Waals surface area (Å²) in [5.74, 6) is 0.390. The van der Waals surface area contributed by atoms with Crippen LogP contribution in [0.2, 0.25) is 0 Å². The van der Waals surface area contributed by atoms with Gasteiger partial charge in [0.05, 0.1) is 12.8 Å². The third kappa shape index (κ3) is 3.34. The monoisotopic (exact) mass is 342 g/mol. The number of thiophene rings is 1. The summed E-state index contributed by atoms with van der Waals surface area (Å²) in [4.78, 5) is 12.9. The molecule has 0 saturated carbocycles. The number of furan rings is 1. The van der Waals surface area contributed by atoms with Crippen LogP contribution in [0.1, 0.15) is 16.2 Å². The van der Waals surface area contributed by atoms with Crippen molar-refractivity contribution in [3.05, 3.63) is 76.4 Å². The van der Waals surface area contributed by atoms with E-state index in [1.54, 1.807) is 12.1 Å². The molecule has 3 rings (SSSR count). The molecule has 1 aromatic carbocycles. The number of aryl methyl sites for hydroxylation is 1. The van der Waals surface area contributed by atoms with E-state index in [1.165, 1.54) is 17.6 Å². The second-order valence-corrected chi connectivity index (χ2v) is 6.39. The van der Waals surface area contributed by atoms with Gasteiger partial charge >= 0.3 is 6.03 Å². The first kappa shape index (κ1) is 16.3. The second kappa shape index (κ2) is 6.90. The average molecular weight is 342 g/mol. The van der Waals surface area contributed by atoms with Crippen molar-refractivity contribution in [2.45, 2.75) is 12.5 Å². The number of rotatable bonds is 5. The molecule has 3 N–H and O–H groups in total. The number of aliphatic hydroxyl groups is 1. The van der Waals surface area contributed by atoms with Gasteiger partial charge in [0.2, 0.25) is 0 Å². The van der Waals surface area contributed by atoms with Crippen LogP contribution in [0.15, 0.2) is 64.6 Å². The van der Waals surface area contributed by atoms with E-state index in [2.05, 4.69) is 10.6 Å². The molecular formula is C18H18N2O3S. The predicted molar refractivity (Wildman–Crippen MR) is 94.2 cm³/mol. The van der Waals surface area contributed by atoms with Gasteiger partial charge in [-0.2, -0.15) is 0 Å². The van der Waals surface area contributed by atoms with E-state index >= 15 is 0 Å². The Hall–Kier alpha value is -2.57. The lowest BCUT2D eigenvalue weighted by Crippen LogP contribution is -2.42. The Kier molecular flexibility index (Phi) is 4.69. The Balaban J connectivity index is 1.73. The predicted octanol–water partition coefficient (Wildman–Crippen LogP) is 3.71. The van der Waals surface area contributed by atoms with Crippen LogP contribution in [0.4, 0.5) is 10.5 Å². The number of hydrogen-bond acceptors (Lipinski definition) is 4. The number of nitrogens with one attached hydrogen (secondary N) is 2. The molecular weight excluding hydrogens is 324 g/mol. The summed E-state index contributed by atoms with van der Waals surface area (Å²) in [6.07, 6.45) is 1.50. The summed E-state index contributed by atoms with van der Waals surface area (Å²) in [6, 6.07) is 14.2. The zero-order chi connectivity index (χ0) is 17.0. The van der Waals surface area contributed by atoms with Gasteiger partial charge in [0.15, 0.2) is 5.60 Å². The van der Waals surface area contributed by atoms with E-state index in [0.717, 1.165) is 11.3 Å². The Morgan fingerprint density at radius 1 is 1.21 bits per heavy atom. The molecule has 2 heterocycles. The van der Waals surface area contributed by atoms with E-state index in [4.69, 9.17) is 4.42 Å². The number of anilines is 1. The largest absolute Gasteiger partial charge is 0.466 e. The van der Waals surface area contributed by atoms with Crippen molar-refractivity contribution in [2.24, 2.45) is 0 Å². The van der Waals surface area contributed by atoms with E-state index in [9.17, 15) is 9.90 Å². The van der Waals surface area contributed by atoms with Crippen LogP contribution in [0.3, 0.4) is 0 Å². The van der Waals surface area contributed by atoms with Crippen LogP contribution in [0.25, 0.3) is 0 Å². The standard InChI is InChI=1S/C18H18N2O3S/c1-13-6-2-3-7-14(13)20-17(21)19-12-18(22,15-8-4-10-23-15)16-9-5-11-24-16/h2-11,22H,12H2,1H3,(H2,19,20,21). The molecule has 6 heteroatoms. The molecule has 1 unspecified atom stereocenters. The highest BCUT2D eigenvalue weighted by atomic mass is 32.1. The first-order chi connectivity index (χ1) is 11.6. The number of urea groups is 1. The van der Waals surface area contributed by atoms with Crippen LogP contribution in [-0.4, -0.2) is 17.7 Å². The van der Waals surface area contributed by atoms with Gasteiger partial charge < -0.3 is 20.2 Å². The fourth-order valence-electron chi connectivity index (χ4n) is 2.41. The number of hydrogen-bond donors (Lipinski definition) is 3. The van der Waals surface area contributed by atoms with Crippen molar-refractivity contribution in [3.8, 4) is 0 Å². The van der Waals surface area contributed by atoms with Gasteiger partial charge in [0.1, 0.15) is 5.76 Å². The fourth-order valence-corrected chi connectivity index (χ4v) is 3.24. The molecule has 124 valence electrons. The highest BCUT2D eigenvalue weighted by Crippen LogP contribution is 2.32. The van der Waals surface area contributed by atoms with Crippen LogP contribution >= 0.6 is 11.3 Å². The Morgan fingerprint density at radius 3 is 2.71 bits per heavy atom. The number of benzene rings is 1. The van der Waals surface area contributed by atoms with Crippen LogP contribution in [0, 0.1) is 6.92 Å². The summed E-state index contributed by atoms with van der Waals surface area (Å²) in [5, 5.41) is 18.5. The number of amides is 2. The molecule has 5 nitrogen and oxygen atoms in total. The van der Waals surface area contributed by atoms with Gasteiger partial charge in [-0.1, -0.05) is 24.3 Å². The molecule has 0 saturated heterocycles. The summed E-state index contributed by atoms with van der Waals surface area (Å²) in [6.45, 7) is 1.92. The molecule has 0 aliphatic heterocycles. The van der Waals surface area contributed by atoms with Gasteiger partial charge in [-0.15, -0.1) is 11.3 Å². The minimum Gasteiger partial charge on any atom is -0.466 e. The van der Waals surface area contributed by atoms with Gasteiger partial charge in [0.25, 0.3) is 0 Å². The van der Waals surface area contributed by atoms with Crippen LogP contribution < -0.4 is 10.6 Å². The van der Waals surface area contributed by atoms with Crippen molar-refractivity contribution in [1.82, 2.24) is 5.32 Å². The molecule has 2 aromatic heterocycles. The Morgan fingerprint density at radius 2 is 2.04 bits per heavy atom. The zero-order valence-corrected chi connectivity index (χ0v) is 14.0. The van der Waals surface area contributed by atoms with Crippen LogP contribution in [-0.2, 0) is 5.60 Å². The minimum atomic E-state index is -1.40. The van der Waals surface area contributed by atoms with E-state index in [0.29, 0.717) is 10.6 Å². The van der Waals surface area contributed by atoms with Crippen molar-refractivity contribution in [1.29, 1.82) is 0 Å². The molecule has 2 amide bonds. The first-order valence-corrected chi connectivity index (χ1v) is 8.38. The number of carbonyl (C=O) groups is 1. The van der Waals surface area contributed by atoms with E-state index in [-0.39, 0.29) is 12.6 Å². The fraction of sp³-hybridized carbons (Fsp3) is 0.167. The lowest BCUT2D eigenvalue weighted by Gasteiger charge is -2.25. The Labute approximate surface area is 143 Å². The third-order valence-corrected chi connectivity index (χ3v) is 4.78. The number of para-hydroxylation sites is 1. The smallest absolute Gasteiger partial charge is 0.319 e. The molecule has 0 radical (unpaired) electrons. The molecule has 3 aromatic rings. The maximum absolute atomic E-state index is 12.2. The zero-order valence-electron chi connectivity index (χ0n) is 13.2. The van der Waals surface area contributed by atoms with Crippen molar-refractivity contribution in [2.75, 3.05) is 11.9 Å². The Bertz CT molecular complexity index is 763. The lowest BCUT2D eigenvalue weighted by atomic mass is 9.99. The molecule has 24 heavy (non-hydrogen) atoms. The van der Waals surface area contributed by atoms with Gasteiger partial charge in [-0.3, -0.25) is 0 Å². The van der Waals surface area contributed by atoms with E-state index < -0.39 is 5.60 Å². The van der Waals surface area contributed by atoms with Crippen molar-refractivity contribution in [3.63, 3.8) is 0 Å². The third-order valence-electron chi connectivity index (χ3n) is 3.76. The lowest BCUT2D eigenvalue weighted by molar-refractivity contribution is 0.0628. The van der Waals surface area contributed by atoms with Gasteiger partial charge in [-0.25, -0.2) is 4.79 Å². The molecule has 0 aliphatic carbocycles. The molecule has 0 spiro atoms. The summed E-state index contributed by atoms with van der Waals surface area (Å²) >= 11 is 1.40. The van der Waals surface area contributed by atoms with Gasteiger partial charge in [-0.05, 0) is 42.1 Å². The molecule has 0 aliphatic rings. The summed E-state index contributed by atoms with van der Waals surface area (Å²) in [5.41, 5.74) is 0.292. The second-order valence-electron chi connectivity index (χ2n) is 5.44. The van der Waals surface area contributed by atoms with E-state index in [1.807, 2.05) is 48.7 Å². The SMILES string of the molecule is Cc1ccccc1NC(=O)NCC(O)(c1ccco1)c1cccs1. The first-order valence-electron chi connectivity index (χ1n) is 7.50. The van der Waals surface area contributed by atoms with Gasteiger partial charge in [0, 0.05) is 10.6 Å². The normalized spacial score (nSPS) is 13.2. The maximum atomic E-state index is 12.2. The molecule has 0 bridgehead atoms. The summed E-state index contributed by atoms with van der Waals surface area (Å²) < 4.78 is 5.38. The maximum Gasteiger partial charge on any atom is 0.319 e. The molecule has 1 atom stereocenters. The van der Waals surface area contributed by atoms with Crippen LogP contribution in [0.5, 0.6) is 0 Å². The highest BCUT2D eigenvalue weighted by Gasteiger charge is 2.36. The highest BCUT2D eigenvalue weighted by molar-refractivity contribution is 7.10. The number of carbonyl (C=O) groups excluding carboxylic acids is 1. The van der Waals surface area contributed by atoms with Crippen molar-refractivity contribution >= 4 is 23.1 Å². The minimum absolute atomic E-state index is 0.00125. The summed E-state index contributed by atoms with van der Waals surface area (Å²) in [7, 11) is 0. The quantitative estimate of drug-likeness (QED) is 0.662. The average Bonchev–Trinajstić information content (AvgIpc) is 3.28. The molecule has 0 fully saturated rings. The van der Waals surface area contributed by atoms with Crippen molar-refractivity contribution < 1.29 is 14.3 Å². The topological polar surface area (TPSA) is 74.5 Å².